The molecule has 0 N–H and O–H groups in total. The van der Waals surface area contributed by atoms with Crippen molar-refractivity contribution in [2.75, 3.05) is 0 Å². The molecule has 0 heterocycles. The topological polar surface area (TPSA) is 0 Å². The highest BCUT2D eigenvalue weighted by molar-refractivity contribution is 4.96. The van der Waals surface area contributed by atoms with Crippen LogP contribution in [-0.4, -0.2) is 0 Å². The van der Waals surface area contributed by atoms with E-state index in [4.69, 9.17) is 0 Å². The summed E-state index contributed by atoms with van der Waals surface area (Å²) >= 11 is 0. The molecule has 181 valence electrons. The molecular formula is C30H61. The molecule has 0 aromatic carbocycles. The minimum absolute atomic E-state index is 0.950. The Balaban J connectivity index is 4.60. The fourth-order valence-corrected chi connectivity index (χ4v) is 4.99. The number of hydrogen-bond donors (Lipinski definition) is 0. The Morgan fingerprint density at radius 3 is 1.00 bits per heavy atom. The second kappa shape index (κ2) is 25.3. The second-order valence-corrected chi connectivity index (χ2v) is 10.1. The van der Waals surface area contributed by atoms with Crippen molar-refractivity contribution < 1.29 is 0 Å². The largest absolute Gasteiger partial charge is 0.0654 e. The third kappa shape index (κ3) is 19.9. The lowest BCUT2D eigenvalue weighted by Gasteiger charge is -2.27. The molecule has 30 heavy (non-hydrogen) atoms. The van der Waals surface area contributed by atoms with Crippen molar-refractivity contribution in [3.8, 4) is 0 Å². The van der Waals surface area contributed by atoms with Crippen molar-refractivity contribution in [3.63, 3.8) is 0 Å². The molecule has 0 fully saturated rings. The molecule has 1 radical (unpaired) electrons. The predicted octanol–water partition coefficient (Wildman–Crippen LogP) is 11.6. The molecule has 0 heteroatoms. The average Bonchev–Trinajstić information content (AvgIpc) is 2.76. The predicted molar refractivity (Wildman–Crippen MR) is 140 cm³/mol. The molecule has 0 aromatic rings. The maximum atomic E-state index is 2.34. The van der Waals surface area contributed by atoms with Crippen LogP contribution in [0.5, 0.6) is 0 Å². The van der Waals surface area contributed by atoms with E-state index in [1.165, 1.54) is 154 Å². The molecule has 0 amide bonds. The van der Waals surface area contributed by atoms with E-state index in [9.17, 15) is 0 Å². The standard InChI is InChI=1S/C30H61/c1-5-9-13-17-21-25-29(26-22-18-14-10-6-2)30(27-23-19-15-11-7-3)28-24-20-16-12-8-4/h29H,5-28H2,1-4H3. The third-order valence-corrected chi connectivity index (χ3v) is 7.09. The second-order valence-electron chi connectivity index (χ2n) is 10.1. The molecule has 0 aliphatic carbocycles. The summed E-state index contributed by atoms with van der Waals surface area (Å²) in [5, 5.41) is 0. The molecular weight excluding hydrogens is 360 g/mol. The summed E-state index contributed by atoms with van der Waals surface area (Å²) in [6.45, 7) is 9.34. The Bertz CT molecular complexity index is 236. The van der Waals surface area contributed by atoms with Gasteiger partial charge < -0.3 is 0 Å². The summed E-state index contributed by atoms with van der Waals surface area (Å²) in [4.78, 5) is 0. The quantitative estimate of drug-likeness (QED) is 0.128. The summed E-state index contributed by atoms with van der Waals surface area (Å²) < 4.78 is 0. The first-order valence-corrected chi connectivity index (χ1v) is 14.6. The van der Waals surface area contributed by atoms with E-state index in [0.29, 0.717) is 0 Å². The van der Waals surface area contributed by atoms with Crippen LogP contribution in [0.4, 0.5) is 0 Å². The molecule has 0 nitrogen and oxygen atoms in total. The van der Waals surface area contributed by atoms with E-state index < -0.39 is 0 Å². The van der Waals surface area contributed by atoms with Crippen molar-refractivity contribution in [3.05, 3.63) is 5.92 Å². The van der Waals surface area contributed by atoms with Crippen molar-refractivity contribution in [2.45, 2.75) is 182 Å². The van der Waals surface area contributed by atoms with Crippen LogP contribution in [0, 0.1) is 11.8 Å². The Labute approximate surface area is 193 Å². The zero-order chi connectivity index (χ0) is 22.1. The van der Waals surface area contributed by atoms with Gasteiger partial charge in [0.2, 0.25) is 0 Å². The van der Waals surface area contributed by atoms with Crippen LogP contribution in [0.1, 0.15) is 182 Å². The van der Waals surface area contributed by atoms with Crippen LogP contribution in [0.15, 0.2) is 0 Å². The third-order valence-electron chi connectivity index (χ3n) is 7.09. The van der Waals surface area contributed by atoms with Gasteiger partial charge in [0.05, 0.1) is 0 Å². The molecule has 0 aromatic heterocycles. The smallest absolute Gasteiger partial charge is 0.0210 e. The van der Waals surface area contributed by atoms with Crippen molar-refractivity contribution in [1.29, 1.82) is 0 Å². The van der Waals surface area contributed by atoms with Crippen LogP contribution >= 0.6 is 0 Å². The van der Waals surface area contributed by atoms with E-state index in [0.717, 1.165) is 5.92 Å². The molecule has 0 rings (SSSR count). The Hall–Kier alpha value is 0. The molecule has 0 bridgehead atoms. The fraction of sp³-hybridized carbons (Fsp3) is 0.967. The van der Waals surface area contributed by atoms with Gasteiger partial charge in [-0.15, -0.1) is 0 Å². The fourth-order valence-electron chi connectivity index (χ4n) is 4.99. The molecule has 0 saturated carbocycles. The lowest BCUT2D eigenvalue weighted by atomic mass is 9.78. The monoisotopic (exact) mass is 421 g/mol. The number of rotatable bonds is 25. The van der Waals surface area contributed by atoms with Gasteiger partial charge in [0.15, 0.2) is 0 Å². The lowest BCUT2D eigenvalue weighted by Crippen LogP contribution is -2.14. The van der Waals surface area contributed by atoms with Crippen molar-refractivity contribution >= 4 is 0 Å². The SMILES string of the molecule is CCCCCCC[C](CCCCCCC)C(CCCCCCC)CCCCCCC. The van der Waals surface area contributed by atoms with E-state index >= 15 is 0 Å². The van der Waals surface area contributed by atoms with Gasteiger partial charge in [0.25, 0.3) is 0 Å². The van der Waals surface area contributed by atoms with Crippen molar-refractivity contribution in [1.82, 2.24) is 0 Å². The highest BCUT2D eigenvalue weighted by Gasteiger charge is 2.21. The minimum Gasteiger partial charge on any atom is -0.0654 e. The summed E-state index contributed by atoms with van der Waals surface area (Å²) in [5.74, 6) is 2.94. The van der Waals surface area contributed by atoms with E-state index in [2.05, 4.69) is 27.7 Å². The maximum absolute atomic E-state index is 2.34. The Kier molecular flexibility index (Phi) is 25.3. The van der Waals surface area contributed by atoms with Crippen LogP contribution in [-0.2, 0) is 0 Å². The van der Waals surface area contributed by atoms with Crippen LogP contribution in [0.25, 0.3) is 0 Å². The molecule has 0 atom stereocenters. The highest BCUT2D eigenvalue weighted by Crippen LogP contribution is 2.35. The molecule has 0 aliphatic heterocycles. The summed E-state index contributed by atoms with van der Waals surface area (Å²) in [6, 6.07) is 0. The van der Waals surface area contributed by atoms with Gasteiger partial charge in [0.1, 0.15) is 0 Å². The molecule has 0 aliphatic rings. The highest BCUT2D eigenvalue weighted by atomic mass is 14.3. The van der Waals surface area contributed by atoms with Gasteiger partial charge in [-0.05, 0) is 37.5 Å². The van der Waals surface area contributed by atoms with Gasteiger partial charge in [-0.2, -0.15) is 0 Å². The van der Waals surface area contributed by atoms with Crippen LogP contribution in [0.3, 0.4) is 0 Å². The lowest BCUT2D eigenvalue weighted by molar-refractivity contribution is 0.372. The van der Waals surface area contributed by atoms with Gasteiger partial charge in [-0.25, -0.2) is 0 Å². The minimum atomic E-state index is 0.950. The Morgan fingerprint density at radius 1 is 0.367 bits per heavy atom. The maximum Gasteiger partial charge on any atom is -0.0210 e. The average molecular weight is 422 g/mol. The van der Waals surface area contributed by atoms with Crippen LogP contribution in [0.2, 0.25) is 0 Å². The first-order valence-electron chi connectivity index (χ1n) is 14.6. The molecule has 0 spiro atoms. The summed E-state index contributed by atoms with van der Waals surface area (Å²) in [7, 11) is 0. The van der Waals surface area contributed by atoms with E-state index in [1.54, 1.807) is 0 Å². The van der Waals surface area contributed by atoms with Gasteiger partial charge in [0, 0.05) is 0 Å². The normalized spacial score (nSPS) is 11.8. The summed E-state index contributed by atoms with van der Waals surface area (Å²) in [5.41, 5.74) is 0. The zero-order valence-corrected chi connectivity index (χ0v) is 22.0. The van der Waals surface area contributed by atoms with Crippen LogP contribution < -0.4 is 0 Å². The first kappa shape index (κ1) is 30.0. The van der Waals surface area contributed by atoms with Gasteiger partial charge >= 0.3 is 0 Å². The molecule has 0 saturated heterocycles. The summed E-state index contributed by atoms with van der Waals surface area (Å²) in [6.07, 6.45) is 34.7. The van der Waals surface area contributed by atoms with Gasteiger partial charge in [-0.1, -0.05) is 156 Å². The van der Waals surface area contributed by atoms with E-state index in [-0.39, 0.29) is 0 Å². The first-order chi connectivity index (χ1) is 14.8. The van der Waals surface area contributed by atoms with Crippen molar-refractivity contribution in [2.24, 2.45) is 5.92 Å². The van der Waals surface area contributed by atoms with Gasteiger partial charge in [-0.3, -0.25) is 0 Å². The molecule has 0 unspecified atom stereocenters. The number of hydrogen-bond acceptors (Lipinski definition) is 0. The Morgan fingerprint density at radius 2 is 0.667 bits per heavy atom. The zero-order valence-electron chi connectivity index (χ0n) is 22.0. The van der Waals surface area contributed by atoms with E-state index in [1.807, 2.05) is 5.92 Å². The number of unbranched alkanes of at least 4 members (excludes halogenated alkanes) is 16.